The van der Waals surface area contributed by atoms with Gasteiger partial charge in [-0.3, -0.25) is 4.90 Å². The fraction of sp³-hybridized carbons (Fsp3) is 0.520. The van der Waals surface area contributed by atoms with Gasteiger partial charge in [-0.1, -0.05) is 44.2 Å². The van der Waals surface area contributed by atoms with Gasteiger partial charge in [-0.2, -0.15) is 0 Å². The van der Waals surface area contributed by atoms with E-state index in [1.165, 1.54) is 28.7 Å². The number of hydrogen-bond donors (Lipinski definition) is 1. The number of ether oxygens (including phenoxy) is 2. The number of nitrogens with zero attached hydrogens (tertiary/aromatic N) is 1. The van der Waals surface area contributed by atoms with Crippen LogP contribution in [0.1, 0.15) is 60.9 Å². The molecule has 0 amide bonds. The van der Waals surface area contributed by atoms with Crippen molar-refractivity contribution >= 4 is 0 Å². The Bertz CT molecular complexity index is 834. The van der Waals surface area contributed by atoms with E-state index in [2.05, 4.69) is 60.5 Å². The molecule has 0 saturated carbocycles. The maximum absolute atomic E-state index is 5.98. The molecule has 0 bridgehead atoms. The van der Waals surface area contributed by atoms with Crippen LogP contribution in [0.5, 0.6) is 11.5 Å². The molecule has 4 nitrogen and oxygen atoms in total. The average Bonchev–Trinajstić information content (AvgIpc) is 2.99. The predicted molar refractivity (Wildman–Crippen MR) is 118 cm³/mol. The highest BCUT2D eigenvalue weighted by atomic mass is 16.5. The van der Waals surface area contributed by atoms with E-state index in [-0.39, 0.29) is 0 Å². The molecule has 1 unspecified atom stereocenters. The first-order valence-corrected chi connectivity index (χ1v) is 11.0. The zero-order valence-electron chi connectivity index (χ0n) is 18.0. The first kappa shape index (κ1) is 20.2. The van der Waals surface area contributed by atoms with E-state index < -0.39 is 0 Å². The Morgan fingerprint density at radius 3 is 2.90 bits per heavy atom. The van der Waals surface area contributed by atoms with Gasteiger partial charge in [-0.05, 0) is 53.5 Å². The van der Waals surface area contributed by atoms with E-state index in [0.717, 1.165) is 57.1 Å². The zero-order chi connectivity index (χ0) is 20.2. The number of methoxy groups -OCH3 is 1. The lowest BCUT2D eigenvalue weighted by Crippen LogP contribution is -2.45. The van der Waals surface area contributed by atoms with Gasteiger partial charge in [-0.15, -0.1) is 0 Å². The third-order valence-corrected chi connectivity index (χ3v) is 6.16. The Balaban J connectivity index is 1.52. The van der Waals surface area contributed by atoms with E-state index in [0.29, 0.717) is 12.0 Å². The van der Waals surface area contributed by atoms with Crippen molar-refractivity contribution in [1.82, 2.24) is 10.2 Å². The number of benzene rings is 2. The summed E-state index contributed by atoms with van der Waals surface area (Å²) in [7, 11) is 1.75. The molecule has 4 heteroatoms. The van der Waals surface area contributed by atoms with E-state index in [9.17, 15) is 0 Å². The summed E-state index contributed by atoms with van der Waals surface area (Å²) in [6, 6.07) is 13.8. The largest absolute Gasteiger partial charge is 0.493 e. The molecule has 2 aliphatic rings. The summed E-state index contributed by atoms with van der Waals surface area (Å²) in [5.74, 6) is 2.38. The fourth-order valence-corrected chi connectivity index (χ4v) is 4.68. The maximum atomic E-state index is 5.98. The number of fused-ring (bicyclic) bond motifs is 1. The van der Waals surface area contributed by atoms with Crippen LogP contribution in [0.4, 0.5) is 0 Å². The molecule has 156 valence electrons. The highest BCUT2D eigenvalue weighted by molar-refractivity contribution is 5.50. The third-order valence-electron chi connectivity index (χ3n) is 6.16. The normalized spacial score (nSPS) is 20.1. The summed E-state index contributed by atoms with van der Waals surface area (Å²) >= 11 is 0. The van der Waals surface area contributed by atoms with Crippen molar-refractivity contribution in [1.29, 1.82) is 0 Å². The zero-order valence-corrected chi connectivity index (χ0v) is 18.0. The lowest BCUT2D eigenvalue weighted by Gasteiger charge is -2.35. The molecule has 2 heterocycles. The maximum Gasteiger partial charge on any atom is 0.164 e. The minimum atomic E-state index is 0.383. The molecular weight excluding hydrogens is 360 g/mol. The van der Waals surface area contributed by atoms with E-state index >= 15 is 0 Å². The average molecular weight is 395 g/mol. The van der Waals surface area contributed by atoms with Crippen molar-refractivity contribution in [2.75, 3.05) is 33.4 Å². The summed E-state index contributed by atoms with van der Waals surface area (Å²) in [5.41, 5.74) is 5.52. The van der Waals surface area contributed by atoms with Crippen LogP contribution in [-0.4, -0.2) is 38.3 Å². The van der Waals surface area contributed by atoms with Gasteiger partial charge in [-0.25, -0.2) is 0 Å². The molecule has 1 fully saturated rings. The Morgan fingerprint density at radius 2 is 2.07 bits per heavy atom. The van der Waals surface area contributed by atoms with Crippen LogP contribution < -0.4 is 14.8 Å². The van der Waals surface area contributed by atoms with Gasteiger partial charge in [0.2, 0.25) is 0 Å². The first-order valence-electron chi connectivity index (χ1n) is 11.0. The first-order chi connectivity index (χ1) is 14.2. The summed E-state index contributed by atoms with van der Waals surface area (Å²) in [4.78, 5) is 2.57. The van der Waals surface area contributed by atoms with Gasteiger partial charge in [0, 0.05) is 32.2 Å². The van der Waals surface area contributed by atoms with Crippen LogP contribution in [0.15, 0.2) is 36.4 Å². The molecule has 2 aromatic carbocycles. The Kier molecular flexibility index (Phi) is 6.41. The summed E-state index contributed by atoms with van der Waals surface area (Å²) in [5, 5.41) is 3.74. The number of nitrogens with one attached hydrogen (secondary N) is 1. The Morgan fingerprint density at radius 1 is 1.21 bits per heavy atom. The van der Waals surface area contributed by atoms with Gasteiger partial charge in [0.05, 0.1) is 13.7 Å². The molecule has 4 rings (SSSR count). The topological polar surface area (TPSA) is 33.7 Å². The number of piperazine rings is 1. The van der Waals surface area contributed by atoms with Crippen molar-refractivity contribution < 1.29 is 9.47 Å². The number of aryl methyl sites for hydroxylation is 1. The molecule has 0 spiro atoms. The lowest BCUT2D eigenvalue weighted by atomic mass is 9.91. The van der Waals surface area contributed by atoms with Crippen LogP contribution >= 0.6 is 0 Å². The Hall–Kier alpha value is -2.04. The van der Waals surface area contributed by atoms with Crippen LogP contribution in [-0.2, 0) is 13.0 Å². The van der Waals surface area contributed by atoms with E-state index in [4.69, 9.17) is 9.47 Å². The molecule has 0 aliphatic carbocycles. The standard InChI is InChI=1S/C25H34N2O2/c1-18(2)21-9-4-5-10-22(21)23-17-27(12-11-26-23)16-19-14-20-8-6-7-13-29-25(20)24(15-19)28-3/h4-5,9-10,14-15,18,23,26H,6-8,11-13,16-17H2,1-3H3. The molecule has 2 aromatic rings. The van der Waals surface area contributed by atoms with Crippen molar-refractivity contribution in [2.24, 2.45) is 0 Å². The molecular formula is C25H34N2O2. The number of rotatable bonds is 5. The van der Waals surface area contributed by atoms with Gasteiger partial charge in [0.15, 0.2) is 11.5 Å². The molecule has 0 aromatic heterocycles. The summed E-state index contributed by atoms with van der Waals surface area (Å²) < 4.78 is 11.7. The number of hydrogen-bond acceptors (Lipinski definition) is 4. The van der Waals surface area contributed by atoms with E-state index in [1.807, 2.05) is 0 Å². The second-order valence-electron chi connectivity index (χ2n) is 8.62. The van der Waals surface area contributed by atoms with Crippen LogP contribution in [0.25, 0.3) is 0 Å². The quantitative estimate of drug-likeness (QED) is 0.798. The minimum absolute atomic E-state index is 0.383. The molecule has 2 aliphatic heterocycles. The SMILES string of the molecule is COc1cc(CN2CCNC(c3ccccc3C(C)C)C2)cc2c1OCCCC2. The predicted octanol–water partition coefficient (Wildman–Crippen LogP) is 4.68. The second kappa shape index (κ2) is 9.19. The van der Waals surface area contributed by atoms with Crippen molar-refractivity contribution in [3.8, 4) is 11.5 Å². The smallest absolute Gasteiger partial charge is 0.164 e. The van der Waals surface area contributed by atoms with Crippen LogP contribution in [0, 0.1) is 0 Å². The molecule has 29 heavy (non-hydrogen) atoms. The lowest BCUT2D eigenvalue weighted by molar-refractivity contribution is 0.192. The van der Waals surface area contributed by atoms with Crippen LogP contribution in [0.2, 0.25) is 0 Å². The van der Waals surface area contributed by atoms with Gasteiger partial charge >= 0.3 is 0 Å². The van der Waals surface area contributed by atoms with Gasteiger partial charge in [0.1, 0.15) is 0 Å². The van der Waals surface area contributed by atoms with E-state index in [1.54, 1.807) is 7.11 Å². The fourth-order valence-electron chi connectivity index (χ4n) is 4.68. The summed E-state index contributed by atoms with van der Waals surface area (Å²) in [6.07, 6.45) is 3.37. The highest BCUT2D eigenvalue weighted by Gasteiger charge is 2.24. The third kappa shape index (κ3) is 4.59. The second-order valence-corrected chi connectivity index (χ2v) is 8.62. The summed E-state index contributed by atoms with van der Waals surface area (Å²) in [6.45, 7) is 9.41. The molecule has 1 N–H and O–H groups in total. The molecule has 1 saturated heterocycles. The van der Waals surface area contributed by atoms with Gasteiger partial charge < -0.3 is 14.8 Å². The van der Waals surface area contributed by atoms with Crippen molar-refractivity contribution in [3.05, 3.63) is 58.7 Å². The van der Waals surface area contributed by atoms with Crippen molar-refractivity contribution in [3.63, 3.8) is 0 Å². The monoisotopic (exact) mass is 394 g/mol. The van der Waals surface area contributed by atoms with Crippen molar-refractivity contribution in [2.45, 2.75) is 51.6 Å². The highest BCUT2D eigenvalue weighted by Crippen LogP contribution is 2.36. The molecule has 0 radical (unpaired) electrons. The van der Waals surface area contributed by atoms with Gasteiger partial charge in [0.25, 0.3) is 0 Å². The minimum Gasteiger partial charge on any atom is -0.493 e. The molecule has 1 atom stereocenters. The Labute approximate surface area is 175 Å². The van der Waals surface area contributed by atoms with Crippen LogP contribution in [0.3, 0.4) is 0 Å².